The molecule has 1 saturated heterocycles. The SMILES string of the molecule is CC(=O)C1CCCCN1CC(=O)NCC(F)(F)F. The van der Waals surface area contributed by atoms with Gasteiger partial charge in [0.25, 0.3) is 0 Å². The van der Waals surface area contributed by atoms with E-state index >= 15 is 0 Å². The number of nitrogens with zero attached hydrogens (tertiary/aromatic N) is 1. The predicted octanol–water partition coefficient (Wildman–Crippen LogP) is 1.11. The van der Waals surface area contributed by atoms with Crippen molar-refractivity contribution in [1.29, 1.82) is 0 Å². The second kappa shape index (κ2) is 6.17. The molecular weight excluding hydrogens is 249 g/mol. The predicted molar refractivity (Wildman–Crippen MR) is 59.0 cm³/mol. The maximum atomic E-state index is 11.9. The lowest BCUT2D eigenvalue weighted by Gasteiger charge is -2.33. The first-order chi connectivity index (χ1) is 8.29. The van der Waals surface area contributed by atoms with Gasteiger partial charge in [0.1, 0.15) is 12.3 Å². The molecule has 104 valence electrons. The van der Waals surface area contributed by atoms with Crippen LogP contribution in [0.5, 0.6) is 0 Å². The Morgan fingerprint density at radius 3 is 2.56 bits per heavy atom. The quantitative estimate of drug-likeness (QED) is 0.829. The van der Waals surface area contributed by atoms with Crippen LogP contribution in [0.2, 0.25) is 0 Å². The molecule has 7 heteroatoms. The van der Waals surface area contributed by atoms with Crippen molar-refractivity contribution in [3.63, 3.8) is 0 Å². The smallest absolute Gasteiger partial charge is 0.346 e. The van der Waals surface area contributed by atoms with Crippen LogP contribution in [-0.2, 0) is 9.59 Å². The molecule has 18 heavy (non-hydrogen) atoms. The maximum absolute atomic E-state index is 11.9. The number of alkyl halides is 3. The lowest BCUT2D eigenvalue weighted by atomic mass is 9.99. The Labute approximate surface area is 104 Å². The number of Topliss-reactive ketones (excluding diaryl/α,β-unsaturated/α-hetero) is 1. The van der Waals surface area contributed by atoms with Crippen molar-refractivity contribution in [1.82, 2.24) is 10.2 Å². The average molecular weight is 266 g/mol. The minimum absolute atomic E-state index is 0.0432. The van der Waals surface area contributed by atoms with Crippen LogP contribution in [0.15, 0.2) is 0 Å². The zero-order valence-corrected chi connectivity index (χ0v) is 10.2. The summed E-state index contributed by atoms with van der Waals surface area (Å²) in [6.07, 6.45) is -1.97. The van der Waals surface area contributed by atoms with Gasteiger partial charge in [0, 0.05) is 0 Å². The van der Waals surface area contributed by atoms with E-state index in [1.165, 1.54) is 6.92 Å². The molecule has 1 aliphatic rings. The molecule has 0 aliphatic carbocycles. The van der Waals surface area contributed by atoms with Gasteiger partial charge >= 0.3 is 6.18 Å². The first-order valence-corrected chi connectivity index (χ1v) is 5.87. The normalized spacial score (nSPS) is 21.7. The highest BCUT2D eigenvalue weighted by Crippen LogP contribution is 2.17. The summed E-state index contributed by atoms with van der Waals surface area (Å²) in [6, 6.07) is -0.338. The number of piperidine rings is 1. The van der Waals surface area contributed by atoms with E-state index in [2.05, 4.69) is 0 Å². The van der Waals surface area contributed by atoms with Gasteiger partial charge in [0.2, 0.25) is 5.91 Å². The van der Waals surface area contributed by atoms with Crippen molar-refractivity contribution in [2.75, 3.05) is 19.6 Å². The number of hydrogen-bond acceptors (Lipinski definition) is 3. The summed E-state index contributed by atoms with van der Waals surface area (Å²) in [6.45, 7) is 0.533. The van der Waals surface area contributed by atoms with Crippen LogP contribution in [0, 0.1) is 0 Å². The molecule has 0 spiro atoms. The van der Waals surface area contributed by atoms with E-state index in [0.29, 0.717) is 13.0 Å². The summed E-state index contributed by atoms with van der Waals surface area (Å²) in [5.41, 5.74) is 0. The molecule has 0 aromatic rings. The highest BCUT2D eigenvalue weighted by molar-refractivity contribution is 5.83. The molecule has 4 nitrogen and oxygen atoms in total. The molecule has 1 N–H and O–H groups in total. The highest BCUT2D eigenvalue weighted by atomic mass is 19.4. The van der Waals surface area contributed by atoms with E-state index in [4.69, 9.17) is 0 Å². The topological polar surface area (TPSA) is 49.4 Å². The molecular formula is C11H17F3N2O2. The lowest BCUT2D eigenvalue weighted by molar-refractivity contribution is -0.140. The maximum Gasteiger partial charge on any atom is 0.405 e. The Bertz CT molecular complexity index is 318. The van der Waals surface area contributed by atoms with Gasteiger partial charge in [-0.1, -0.05) is 6.42 Å². The molecule has 0 bridgehead atoms. The van der Waals surface area contributed by atoms with Gasteiger partial charge in [-0.15, -0.1) is 0 Å². The van der Waals surface area contributed by atoms with Crippen molar-refractivity contribution >= 4 is 11.7 Å². The van der Waals surface area contributed by atoms with Gasteiger partial charge in [0.05, 0.1) is 12.6 Å². The number of amides is 1. The molecule has 0 radical (unpaired) electrons. The fourth-order valence-electron chi connectivity index (χ4n) is 2.08. The van der Waals surface area contributed by atoms with E-state index < -0.39 is 18.6 Å². The van der Waals surface area contributed by atoms with Crippen molar-refractivity contribution in [3.8, 4) is 0 Å². The Kier molecular flexibility index (Phi) is 5.13. The summed E-state index contributed by atoms with van der Waals surface area (Å²) in [5, 5.41) is 1.81. The van der Waals surface area contributed by atoms with Crippen molar-refractivity contribution < 1.29 is 22.8 Å². The second-order valence-electron chi connectivity index (χ2n) is 4.48. The zero-order valence-electron chi connectivity index (χ0n) is 10.2. The van der Waals surface area contributed by atoms with Crippen LogP contribution >= 0.6 is 0 Å². The molecule has 0 aromatic heterocycles. The lowest BCUT2D eigenvalue weighted by Crippen LogP contribution is -2.49. The summed E-state index contributed by atoms with van der Waals surface area (Å²) in [4.78, 5) is 24.4. The Hall–Kier alpha value is -1.11. The summed E-state index contributed by atoms with van der Waals surface area (Å²) in [5.74, 6) is -0.737. The van der Waals surface area contributed by atoms with Crippen LogP contribution in [0.25, 0.3) is 0 Å². The van der Waals surface area contributed by atoms with Crippen molar-refractivity contribution in [2.45, 2.75) is 38.4 Å². The summed E-state index contributed by atoms with van der Waals surface area (Å²) >= 11 is 0. The van der Waals surface area contributed by atoms with Gasteiger partial charge in [-0.2, -0.15) is 13.2 Å². The minimum atomic E-state index is -4.41. The molecule has 0 saturated carbocycles. The Morgan fingerprint density at radius 1 is 1.33 bits per heavy atom. The van der Waals surface area contributed by atoms with Gasteiger partial charge in [-0.05, 0) is 26.3 Å². The third kappa shape index (κ3) is 5.03. The van der Waals surface area contributed by atoms with E-state index in [9.17, 15) is 22.8 Å². The van der Waals surface area contributed by atoms with Crippen molar-refractivity contribution in [2.24, 2.45) is 0 Å². The molecule has 0 aromatic carbocycles. The van der Waals surface area contributed by atoms with E-state index in [-0.39, 0.29) is 18.4 Å². The molecule has 1 fully saturated rings. The van der Waals surface area contributed by atoms with Crippen LogP contribution in [-0.4, -0.2) is 48.4 Å². The number of carbonyl (C=O) groups excluding carboxylic acids is 2. The largest absolute Gasteiger partial charge is 0.405 e. The van der Waals surface area contributed by atoms with E-state index in [0.717, 1.165) is 12.8 Å². The third-order valence-electron chi connectivity index (χ3n) is 2.92. The number of rotatable bonds is 4. The molecule has 1 rings (SSSR count). The highest BCUT2D eigenvalue weighted by Gasteiger charge is 2.30. The average Bonchev–Trinajstić information content (AvgIpc) is 2.26. The molecule has 1 aliphatic heterocycles. The molecule has 1 amide bonds. The number of nitrogens with one attached hydrogen (secondary N) is 1. The van der Waals surface area contributed by atoms with Gasteiger partial charge < -0.3 is 5.32 Å². The number of hydrogen-bond donors (Lipinski definition) is 1. The Morgan fingerprint density at radius 2 is 2.00 bits per heavy atom. The number of carbonyl (C=O) groups is 2. The summed E-state index contributed by atoms with van der Waals surface area (Å²) in [7, 11) is 0. The first-order valence-electron chi connectivity index (χ1n) is 5.87. The van der Waals surface area contributed by atoms with Crippen LogP contribution in [0.1, 0.15) is 26.2 Å². The zero-order chi connectivity index (χ0) is 13.8. The van der Waals surface area contributed by atoms with Gasteiger partial charge in [-0.3, -0.25) is 14.5 Å². The number of ketones is 1. The minimum Gasteiger partial charge on any atom is -0.346 e. The van der Waals surface area contributed by atoms with Crippen LogP contribution < -0.4 is 5.32 Å². The van der Waals surface area contributed by atoms with Gasteiger partial charge in [-0.25, -0.2) is 0 Å². The van der Waals surface area contributed by atoms with E-state index in [1.54, 1.807) is 4.90 Å². The fraction of sp³-hybridized carbons (Fsp3) is 0.818. The number of likely N-dealkylation sites (tertiary alicyclic amines) is 1. The molecule has 1 unspecified atom stereocenters. The first kappa shape index (κ1) is 14.9. The van der Waals surface area contributed by atoms with Crippen LogP contribution in [0.4, 0.5) is 13.2 Å². The molecule has 1 atom stereocenters. The van der Waals surface area contributed by atoms with Crippen LogP contribution in [0.3, 0.4) is 0 Å². The fourth-order valence-corrected chi connectivity index (χ4v) is 2.08. The standard InChI is InChI=1S/C11H17F3N2O2/c1-8(17)9-4-2-3-5-16(9)6-10(18)15-7-11(12,13)14/h9H,2-7H2,1H3,(H,15,18). The van der Waals surface area contributed by atoms with E-state index in [1.807, 2.05) is 5.32 Å². The third-order valence-corrected chi connectivity index (χ3v) is 2.92. The van der Waals surface area contributed by atoms with Crippen molar-refractivity contribution in [3.05, 3.63) is 0 Å². The number of halogens is 3. The second-order valence-corrected chi connectivity index (χ2v) is 4.48. The van der Waals surface area contributed by atoms with Gasteiger partial charge in [0.15, 0.2) is 0 Å². The summed E-state index contributed by atoms with van der Waals surface area (Å²) < 4.78 is 35.8. The monoisotopic (exact) mass is 266 g/mol. The molecule has 1 heterocycles. The Balaban J connectivity index is 2.44.